The van der Waals surface area contributed by atoms with Gasteiger partial charge in [-0.1, -0.05) is 18.7 Å². The highest BCUT2D eigenvalue weighted by atomic mass is 32.2. The van der Waals surface area contributed by atoms with Crippen molar-refractivity contribution in [2.75, 3.05) is 23.8 Å². The van der Waals surface area contributed by atoms with Crippen molar-refractivity contribution in [3.8, 4) is 0 Å². The van der Waals surface area contributed by atoms with E-state index in [2.05, 4.69) is 22.1 Å². The second kappa shape index (κ2) is 7.45. The Hall–Kier alpha value is -1.09. The van der Waals surface area contributed by atoms with E-state index in [0.717, 1.165) is 18.7 Å². The van der Waals surface area contributed by atoms with Crippen LogP contribution in [0.1, 0.15) is 32.5 Å². The van der Waals surface area contributed by atoms with Gasteiger partial charge < -0.3 is 4.90 Å². The van der Waals surface area contributed by atoms with E-state index in [-0.39, 0.29) is 29.2 Å². The number of H-pyrrole nitrogens is 1. The molecule has 0 aliphatic carbocycles. The van der Waals surface area contributed by atoms with Crippen LogP contribution in [0.2, 0.25) is 0 Å². The molecule has 1 aromatic rings. The van der Waals surface area contributed by atoms with E-state index < -0.39 is 9.84 Å². The molecule has 0 spiro atoms. The first-order valence-electron chi connectivity index (χ1n) is 7.49. The molecule has 0 radical (unpaired) electrons. The van der Waals surface area contributed by atoms with Gasteiger partial charge in [-0.05, 0) is 19.8 Å². The third-order valence-electron chi connectivity index (χ3n) is 3.63. The molecule has 0 aromatic carbocycles. The molecule has 0 bridgehead atoms. The average Bonchev–Trinajstić information content (AvgIpc) is 3.04. The Balaban J connectivity index is 1.89. The lowest BCUT2D eigenvalue weighted by molar-refractivity contribution is -0.129. The van der Waals surface area contributed by atoms with Crippen molar-refractivity contribution in [2.45, 2.75) is 44.3 Å². The largest absolute Gasteiger partial charge is 0.338 e. The van der Waals surface area contributed by atoms with Gasteiger partial charge in [0.2, 0.25) is 11.1 Å². The number of carbonyl (C=O) groups excluding carboxylic acids is 1. The minimum absolute atomic E-state index is 0.0589. The molecule has 1 fully saturated rings. The number of amides is 1. The molecule has 1 aromatic heterocycles. The highest BCUT2D eigenvalue weighted by Gasteiger charge is 2.33. The summed E-state index contributed by atoms with van der Waals surface area (Å²) in [5.74, 6) is 1.26. The summed E-state index contributed by atoms with van der Waals surface area (Å²) in [7, 11) is -2.98. The maximum atomic E-state index is 12.3. The monoisotopic (exact) mass is 346 g/mol. The fourth-order valence-corrected chi connectivity index (χ4v) is 4.99. The Morgan fingerprint density at radius 3 is 2.82 bits per heavy atom. The van der Waals surface area contributed by atoms with Gasteiger partial charge in [0.15, 0.2) is 9.84 Å². The Morgan fingerprint density at radius 2 is 2.23 bits per heavy atom. The molecule has 1 amide bonds. The molecular formula is C13H22N4O3S2. The highest BCUT2D eigenvalue weighted by Crippen LogP contribution is 2.20. The lowest BCUT2D eigenvalue weighted by Crippen LogP contribution is -2.41. The van der Waals surface area contributed by atoms with Crippen molar-refractivity contribution in [3.63, 3.8) is 0 Å². The van der Waals surface area contributed by atoms with Crippen molar-refractivity contribution >= 4 is 27.5 Å². The van der Waals surface area contributed by atoms with E-state index in [1.54, 1.807) is 4.90 Å². The molecule has 1 atom stereocenters. The summed E-state index contributed by atoms with van der Waals surface area (Å²) in [6, 6.07) is -0.189. The zero-order valence-electron chi connectivity index (χ0n) is 12.9. The molecule has 1 aliphatic heterocycles. The second-order valence-corrected chi connectivity index (χ2v) is 8.51. The number of aromatic amines is 1. The van der Waals surface area contributed by atoms with Gasteiger partial charge in [-0.3, -0.25) is 9.89 Å². The maximum absolute atomic E-state index is 12.3. The van der Waals surface area contributed by atoms with Crippen LogP contribution < -0.4 is 0 Å². The molecule has 1 unspecified atom stereocenters. The number of aromatic nitrogens is 3. The van der Waals surface area contributed by atoms with Gasteiger partial charge in [0.1, 0.15) is 5.82 Å². The lowest BCUT2D eigenvalue weighted by Gasteiger charge is -2.26. The summed E-state index contributed by atoms with van der Waals surface area (Å²) >= 11 is 1.28. The van der Waals surface area contributed by atoms with Crippen LogP contribution in [0.25, 0.3) is 0 Å². The van der Waals surface area contributed by atoms with E-state index in [1.165, 1.54) is 11.8 Å². The minimum Gasteiger partial charge on any atom is -0.338 e. The first-order chi connectivity index (χ1) is 10.4. The van der Waals surface area contributed by atoms with Gasteiger partial charge in [-0.25, -0.2) is 13.4 Å². The number of hydrogen-bond donors (Lipinski definition) is 1. The Morgan fingerprint density at radius 1 is 1.45 bits per heavy atom. The molecule has 0 saturated carbocycles. The standard InChI is InChI=1S/C13H22N4O3S2/c1-3-5-11-14-13(16-15-11)21-8-12(18)17(4-2)10-6-7-22(19,20)9-10/h10H,3-9H2,1-2H3,(H,14,15,16). The third-order valence-corrected chi connectivity index (χ3v) is 6.22. The number of rotatable bonds is 7. The molecule has 124 valence electrons. The van der Waals surface area contributed by atoms with Crippen LogP contribution in [0.3, 0.4) is 0 Å². The summed E-state index contributed by atoms with van der Waals surface area (Å²) in [6.45, 7) is 4.46. The number of aryl methyl sites for hydroxylation is 1. The van der Waals surface area contributed by atoms with Crippen molar-refractivity contribution in [1.82, 2.24) is 20.1 Å². The van der Waals surface area contributed by atoms with Crippen molar-refractivity contribution in [2.24, 2.45) is 0 Å². The third kappa shape index (κ3) is 4.45. The molecule has 9 heteroatoms. The minimum atomic E-state index is -2.98. The van der Waals surface area contributed by atoms with Crippen molar-refractivity contribution in [3.05, 3.63) is 5.82 Å². The van der Waals surface area contributed by atoms with E-state index in [4.69, 9.17) is 0 Å². The van der Waals surface area contributed by atoms with Gasteiger partial charge >= 0.3 is 0 Å². The van der Waals surface area contributed by atoms with Crippen LogP contribution in [0.5, 0.6) is 0 Å². The van der Waals surface area contributed by atoms with Crippen molar-refractivity contribution in [1.29, 1.82) is 0 Å². The summed E-state index contributed by atoms with van der Waals surface area (Å²) in [5, 5.41) is 7.49. The van der Waals surface area contributed by atoms with E-state index in [9.17, 15) is 13.2 Å². The van der Waals surface area contributed by atoms with Crippen LogP contribution in [0.4, 0.5) is 0 Å². The smallest absolute Gasteiger partial charge is 0.233 e. The predicted molar refractivity (Wildman–Crippen MR) is 85.5 cm³/mol. The predicted octanol–water partition coefficient (Wildman–Crippen LogP) is 0.885. The van der Waals surface area contributed by atoms with Crippen LogP contribution in [0.15, 0.2) is 5.16 Å². The van der Waals surface area contributed by atoms with Gasteiger partial charge in [-0.15, -0.1) is 5.10 Å². The molecule has 1 saturated heterocycles. The van der Waals surface area contributed by atoms with Crippen LogP contribution in [-0.2, 0) is 21.1 Å². The normalized spacial score (nSPS) is 20.2. The number of carbonyl (C=O) groups is 1. The summed E-state index contributed by atoms with van der Waals surface area (Å²) in [6.07, 6.45) is 2.36. The Labute approximate surface area is 135 Å². The molecule has 2 heterocycles. The summed E-state index contributed by atoms with van der Waals surface area (Å²) < 4.78 is 23.1. The first kappa shape index (κ1) is 17.3. The number of nitrogens with zero attached hydrogens (tertiary/aromatic N) is 3. The van der Waals surface area contributed by atoms with Crippen molar-refractivity contribution < 1.29 is 13.2 Å². The number of nitrogens with one attached hydrogen (secondary N) is 1. The van der Waals surface area contributed by atoms with E-state index in [1.807, 2.05) is 6.92 Å². The molecular weight excluding hydrogens is 324 g/mol. The molecule has 2 rings (SSSR count). The maximum Gasteiger partial charge on any atom is 0.233 e. The van der Waals surface area contributed by atoms with E-state index >= 15 is 0 Å². The highest BCUT2D eigenvalue weighted by molar-refractivity contribution is 7.99. The van der Waals surface area contributed by atoms with E-state index in [0.29, 0.717) is 18.1 Å². The zero-order valence-corrected chi connectivity index (χ0v) is 14.5. The Bertz CT molecular complexity index is 615. The van der Waals surface area contributed by atoms with Crippen LogP contribution in [0, 0.1) is 0 Å². The second-order valence-electron chi connectivity index (χ2n) is 5.34. The fourth-order valence-electron chi connectivity index (χ4n) is 2.56. The number of thioether (sulfide) groups is 1. The molecule has 7 nitrogen and oxygen atoms in total. The van der Waals surface area contributed by atoms with Gasteiger partial charge in [-0.2, -0.15) is 0 Å². The van der Waals surface area contributed by atoms with Gasteiger partial charge in [0, 0.05) is 19.0 Å². The lowest BCUT2D eigenvalue weighted by atomic mass is 10.2. The molecule has 1 aliphatic rings. The summed E-state index contributed by atoms with van der Waals surface area (Å²) in [5.41, 5.74) is 0. The zero-order chi connectivity index (χ0) is 16.2. The Kier molecular flexibility index (Phi) is 5.85. The number of hydrogen-bond acceptors (Lipinski definition) is 6. The topological polar surface area (TPSA) is 96.0 Å². The average molecular weight is 346 g/mol. The first-order valence-corrected chi connectivity index (χ1v) is 10.3. The van der Waals surface area contributed by atoms with Crippen LogP contribution >= 0.6 is 11.8 Å². The van der Waals surface area contributed by atoms with Gasteiger partial charge in [0.05, 0.1) is 17.3 Å². The van der Waals surface area contributed by atoms with Gasteiger partial charge in [0.25, 0.3) is 0 Å². The number of sulfone groups is 1. The quantitative estimate of drug-likeness (QED) is 0.737. The SMILES string of the molecule is CCCc1nc(SCC(=O)N(CC)C2CCS(=O)(=O)C2)n[nH]1. The molecule has 1 N–H and O–H groups in total. The van der Waals surface area contributed by atoms with Crippen LogP contribution in [-0.4, -0.2) is 64.3 Å². The fraction of sp³-hybridized carbons (Fsp3) is 0.769. The molecule has 22 heavy (non-hydrogen) atoms. The summed E-state index contributed by atoms with van der Waals surface area (Å²) in [4.78, 5) is 18.3.